The maximum atomic E-state index is 15.9. The number of halogens is 3. The van der Waals surface area contributed by atoms with E-state index in [0.29, 0.717) is 40.2 Å². The van der Waals surface area contributed by atoms with Gasteiger partial charge in [0.05, 0.1) is 5.70 Å². The molecule has 1 N–H and O–H groups in total. The lowest BCUT2D eigenvalue weighted by atomic mass is 9.74. The van der Waals surface area contributed by atoms with Crippen LogP contribution in [0.25, 0.3) is 0 Å². The monoisotopic (exact) mass is 477 g/mol. The third kappa shape index (κ3) is 3.31. The van der Waals surface area contributed by atoms with Gasteiger partial charge in [-0.05, 0) is 49.5 Å². The second-order valence-corrected chi connectivity index (χ2v) is 8.89. The number of allylic oxidation sites excluding steroid dienone is 2. The van der Waals surface area contributed by atoms with E-state index in [2.05, 4.69) is 0 Å². The first-order valence-electron chi connectivity index (χ1n) is 10.0. The Morgan fingerprint density at radius 3 is 2.22 bits per heavy atom. The van der Waals surface area contributed by atoms with Crippen molar-refractivity contribution in [3.63, 3.8) is 0 Å². The normalized spacial score (nSPS) is 25.8. The van der Waals surface area contributed by atoms with Gasteiger partial charge in [0.15, 0.2) is 0 Å². The fourth-order valence-corrected chi connectivity index (χ4v) is 5.16. The fraction of sp³-hybridized carbons (Fsp3) is 0.304. The van der Waals surface area contributed by atoms with Crippen molar-refractivity contribution in [1.82, 2.24) is 4.90 Å². The largest absolute Gasteiger partial charge is 0.481 e. The van der Waals surface area contributed by atoms with Crippen molar-refractivity contribution in [3.8, 4) is 0 Å². The van der Waals surface area contributed by atoms with E-state index in [9.17, 15) is 24.3 Å². The first-order chi connectivity index (χ1) is 15.2. The number of carbonyl (C=O) groups excluding carboxylic acids is 3. The van der Waals surface area contributed by atoms with Gasteiger partial charge in [-0.1, -0.05) is 23.7 Å². The van der Waals surface area contributed by atoms with Crippen LogP contribution in [0.15, 0.2) is 58.6 Å². The zero-order chi connectivity index (χ0) is 23.2. The van der Waals surface area contributed by atoms with Crippen LogP contribution in [-0.2, 0) is 24.1 Å². The van der Waals surface area contributed by atoms with Crippen molar-refractivity contribution in [1.29, 1.82) is 0 Å². The summed E-state index contributed by atoms with van der Waals surface area (Å²) < 4.78 is 15.9. The van der Waals surface area contributed by atoms with E-state index < -0.39 is 46.5 Å². The van der Waals surface area contributed by atoms with Gasteiger partial charge in [-0.25, -0.2) is 9.29 Å². The molecule has 1 aromatic carbocycles. The number of carboxylic acid groups (broad SMARTS) is 1. The summed E-state index contributed by atoms with van der Waals surface area (Å²) >= 11 is 12.7. The third-order valence-corrected chi connectivity index (χ3v) is 7.06. The van der Waals surface area contributed by atoms with Crippen LogP contribution in [0.5, 0.6) is 0 Å². The number of hydrogen-bond donors (Lipinski definition) is 1. The highest BCUT2D eigenvalue weighted by atomic mass is 35.5. The van der Waals surface area contributed by atoms with Crippen molar-refractivity contribution in [2.45, 2.75) is 37.0 Å². The minimum Gasteiger partial charge on any atom is -0.481 e. The van der Waals surface area contributed by atoms with Gasteiger partial charge in [0.25, 0.3) is 11.8 Å². The number of rotatable bonds is 5. The van der Waals surface area contributed by atoms with Gasteiger partial charge in [0.2, 0.25) is 0 Å². The molecule has 1 aliphatic heterocycles. The molecule has 3 aliphatic rings. The fourth-order valence-electron chi connectivity index (χ4n) is 4.59. The summed E-state index contributed by atoms with van der Waals surface area (Å²) in [6.45, 7) is 0. The maximum absolute atomic E-state index is 15.9. The van der Waals surface area contributed by atoms with Crippen molar-refractivity contribution in [3.05, 3.63) is 69.2 Å². The van der Waals surface area contributed by atoms with Crippen LogP contribution >= 0.6 is 23.2 Å². The predicted molar refractivity (Wildman–Crippen MR) is 114 cm³/mol. The lowest BCUT2D eigenvalue weighted by Crippen LogP contribution is -2.42. The Balaban J connectivity index is 1.88. The average Bonchev–Trinajstić information content (AvgIpc) is 3.02. The van der Waals surface area contributed by atoms with Crippen LogP contribution in [0.2, 0.25) is 5.02 Å². The Labute approximate surface area is 193 Å². The Kier molecular flexibility index (Phi) is 5.81. The molecule has 2 unspecified atom stereocenters. The molecule has 1 heterocycles. The molecule has 9 heteroatoms. The highest BCUT2D eigenvalue weighted by Gasteiger charge is 2.52. The Morgan fingerprint density at radius 1 is 1.16 bits per heavy atom. The molecular weight excluding hydrogens is 460 g/mol. The van der Waals surface area contributed by atoms with Gasteiger partial charge in [-0.15, -0.1) is 11.6 Å². The van der Waals surface area contributed by atoms with Crippen molar-refractivity contribution in [2.24, 2.45) is 5.92 Å². The quantitative estimate of drug-likeness (QED) is 0.384. The molecule has 166 valence electrons. The molecule has 2 atom stereocenters. The number of alkyl halides is 1. The molecule has 2 amide bonds. The van der Waals surface area contributed by atoms with E-state index in [1.165, 1.54) is 24.3 Å². The van der Waals surface area contributed by atoms with Gasteiger partial charge in [-0.2, -0.15) is 0 Å². The predicted octanol–water partition coefficient (Wildman–Crippen LogP) is 4.42. The van der Waals surface area contributed by atoms with Gasteiger partial charge in [-0.3, -0.25) is 14.4 Å². The number of imide groups is 1. The van der Waals surface area contributed by atoms with Gasteiger partial charge < -0.3 is 9.90 Å². The Hall–Kier alpha value is -2.77. The molecule has 6 nitrogen and oxygen atoms in total. The van der Waals surface area contributed by atoms with E-state index in [0.717, 1.165) is 18.9 Å². The molecule has 4 rings (SSSR count). The second-order valence-electron chi connectivity index (χ2n) is 7.86. The van der Waals surface area contributed by atoms with Crippen molar-refractivity contribution < 1.29 is 28.7 Å². The number of hydrogen-bond acceptors (Lipinski definition) is 4. The van der Waals surface area contributed by atoms with Crippen molar-refractivity contribution >= 4 is 47.3 Å². The first kappa shape index (κ1) is 22.4. The van der Waals surface area contributed by atoms with Gasteiger partial charge in [0.1, 0.15) is 22.9 Å². The summed E-state index contributed by atoms with van der Waals surface area (Å²) in [5.74, 6) is -5.34. The summed E-state index contributed by atoms with van der Waals surface area (Å²) in [5.41, 5.74) is 0.0730. The molecule has 32 heavy (non-hydrogen) atoms. The zero-order valence-corrected chi connectivity index (χ0v) is 18.3. The van der Waals surface area contributed by atoms with Crippen LogP contribution < -0.4 is 0 Å². The summed E-state index contributed by atoms with van der Waals surface area (Å²) in [7, 11) is 0. The number of carbonyl (C=O) groups is 4. The zero-order valence-electron chi connectivity index (χ0n) is 16.7. The molecule has 2 aliphatic carbocycles. The lowest BCUT2D eigenvalue weighted by molar-refractivity contribution is -0.142. The van der Waals surface area contributed by atoms with Crippen LogP contribution in [0, 0.1) is 5.92 Å². The molecular formula is C23H18Cl2FNO5. The van der Waals surface area contributed by atoms with E-state index in [-0.39, 0.29) is 11.1 Å². The number of nitrogens with zero attached hydrogens (tertiary/aromatic N) is 1. The SMILES string of the molecule is O=CCC1=C(F)C(N2C(=O)C3=C(CCCC3)C2=O)=CC(C(=O)O)C1(Cl)c1ccc(Cl)cc1. The minimum atomic E-state index is -1.95. The second kappa shape index (κ2) is 8.30. The highest BCUT2D eigenvalue weighted by Crippen LogP contribution is 2.52. The smallest absolute Gasteiger partial charge is 0.312 e. The molecule has 1 aromatic rings. The van der Waals surface area contributed by atoms with Gasteiger partial charge in [0, 0.05) is 28.2 Å². The highest BCUT2D eigenvalue weighted by molar-refractivity contribution is 6.31. The van der Waals surface area contributed by atoms with E-state index in [1.54, 1.807) is 0 Å². The number of aldehydes is 1. The van der Waals surface area contributed by atoms with Crippen LogP contribution in [0.1, 0.15) is 37.7 Å². The molecule has 0 radical (unpaired) electrons. The average molecular weight is 478 g/mol. The van der Waals surface area contributed by atoms with Crippen molar-refractivity contribution in [2.75, 3.05) is 0 Å². The van der Waals surface area contributed by atoms with E-state index >= 15 is 4.39 Å². The Morgan fingerprint density at radius 2 is 1.72 bits per heavy atom. The first-order valence-corrected chi connectivity index (χ1v) is 10.8. The topological polar surface area (TPSA) is 91.8 Å². The van der Waals surface area contributed by atoms with Gasteiger partial charge >= 0.3 is 5.97 Å². The van der Waals surface area contributed by atoms with Crippen LogP contribution in [0.3, 0.4) is 0 Å². The number of carboxylic acids is 1. The summed E-state index contributed by atoms with van der Waals surface area (Å²) in [5, 5.41) is 10.3. The summed E-state index contributed by atoms with van der Waals surface area (Å²) in [4.78, 5) is 48.3. The summed E-state index contributed by atoms with van der Waals surface area (Å²) in [6.07, 6.45) is 3.15. The van der Waals surface area contributed by atoms with Crippen LogP contribution in [-0.4, -0.2) is 34.1 Å². The molecule has 0 fully saturated rings. The lowest BCUT2D eigenvalue weighted by Gasteiger charge is -2.38. The third-order valence-electron chi connectivity index (χ3n) is 6.13. The van der Waals surface area contributed by atoms with E-state index in [4.69, 9.17) is 23.2 Å². The molecule has 0 bridgehead atoms. The molecule has 0 aromatic heterocycles. The number of benzene rings is 1. The molecule has 0 saturated carbocycles. The molecule has 0 spiro atoms. The maximum Gasteiger partial charge on any atom is 0.312 e. The number of aliphatic carboxylic acids is 1. The molecule has 0 saturated heterocycles. The van der Waals surface area contributed by atoms with E-state index in [1.807, 2.05) is 0 Å². The van der Waals surface area contributed by atoms with Crippen LogP contribution in [0.4, 0.5) is 4.39 Å². The standard InChI is InChI=1S/C23H18Cl2FNO5/c24-13-7-5-12(6-8-13)23(25)16(9-10-28)19(26)18(11-17(23)22(31)32)27-20(29)14-3-1-2-4-15(14)21(27)30/h5-8,10-11,17H,1-4,9H2,(H,31,32). The number of amides is 2. The summed E-state index contributed by atoms with van der Waals surface area (Å²) in [6, 6.07) is 5.85. The Bertz CT molecular complexity index is 1110. The minimum absolute atomic E-state index is 0.217.